The first-order valence-electron chi connectivity index (χ1n) is 4.02. The second kappa shape index (κ2) is 5.71. The molecule has 15 heavy (non-hydrogen) atoms. The first-order valence-corrected chi connectivity index (χ1v) is 4.02. The van der Waals surface area contributed by atoms with Gasteiger partial charge in [-0.2, -0.15) is 0 Å². The maximum absolute atomic E-state index is 10.4. The lowest BCUT2D eigenvalue weighted by Crippen LogP contribution is -2.30. The largest absolute Gasteiger partial charge is 0.480 e. The van der Waals surface area contributed by atoms with Gasteiger partial charge in [0.1, 0.15) is 6.04 Å². The molecule has 0 aliphatic carbocycles. The summed E-state index contributed by atoms with van der Waals surface area (Å²) in [5, 5.41) is 18.6. The molecular weight excluding hydrogens is 200 g/mol. The smallest absolute Gasteiger partial charge is 0.320 e. The van der Waals surface area contributed by atoms with E-state index in [1.807, 2.05) is 0 Å². The van der Waals surface area contributed by atoms with E-state index in [1.165, 1.54) is 6.08 Å². The van der Waals surface area contributed by atoms with Gasteiger partial charge in [-0.15, -0.1) is 0 Å². The van der Waals surface area contributed by atoms with Crippen molar-refractivity contribution >= 4 is 5.97 Å². The third-order valence-corrected chi connectivity index (χ3v) is 1.55. The average Bonchev–Trinajstić information content (AvgIpc) is 2.13. The number of nitro groups is 1. The molecule has 0 aliphatic heterocycles. The summed E-state index contributed by atoms with van der Waals surface area (Å²) in [6.45, 7) is 6.68. The molecule has 6 heteroatoms. The molecule has 0 saturated carbocycles. The first-order chi connectivity index (χ1) is 6.84. The SMILES string of the molecule is C=C(/C=C\C(=C)[N+](=O)[O-])CC(N)C(=O)O. The van der Waals surface area contributed by atoms with E-state index >= 15 is 0 Å². The van der Waals surface area contributed by atoms with Crippen LogP contribution < -0.4 is 5.73 Å². The minimum absolute atomic E-state index is 0.0385. The van der Waals surface area contributed by atoms with Gasteiger partial charge in [-0.1, -0.05) is 18.2 Å². The van der Waals surface area contributed by atoms with Crippen molar-refractivity contribution in [2.24, 2.45) is 5.73 Å². The zero-order valence-corrected chi connectivity index (χ0v) is 8.05. The molecule has 0 radical (unpaired) electrons. The molecule has 3 N–H and O–H groups in total. The van der Waals surface area contributed by atoms with Crippen LogP contribution in [0.4, 0.5) is 0 Å². The number of nitrogens with two attached hydrogens (primary N) is 1. The van der Waals surface area contributed by atoms with E-state index in [-0.39, 0.29) is 12.1 Å². The zero-order valence-electron chi connectivity index (χ0n) is 8.05. The molecule has 0 saturated heterocycles. The van der Waals surface area contributed by atoms with Crippen molar-refractivity contribution in [3.63, 3.8) is 0 Å². The molecule has 1 atom stereocenters. The Hall–Kier alpha value is -1.95. The summed E-state index contributed by atoms with van der Waals surface area (Å²) in [5.74, 6) is -1.14. The van der Waals surface area contributed by atoms with Crippen LogP contribution in [0.5, 0.6) is 0 Å². The van der Waals surface area contributed by atoms with Crippen LogP contribution >= 0.6 is 0 Å². The van der Waals surface area contributed by atoms with Gasteiger partial charge in [-0.3, -0.25) is 14.9 Å². The monoisotopic (exact) mass is 212 g/mol. The summed E-state index contributed by atoms with van der Waals surface area (Å²) < 4.78 is 0. The molecule has 0 aromatic carbocycles. The van der Waals surface area contributed by atoms with Gasteiger partial charge in [0.2, 0.25) is 0 Å². The minimum atomic E-state index is -1.14. The van der Waals surface area contributed by atoms with Crippen LogP contribution in [0.15, 0.2) is 36.6 Å². The van der Waals surface area contributed by atoms with Crippen molar-refractivity contribution in [3.05, 3.63) is 46.7 Å². The molecule has 0 fully saturated rings. The number of carboxylic acid groups (broad SMARTS) is 1. The summed E-state index contributed by atoms with van der Waals surface area (Å²) in [5.41, 5.74) is 5.34. The lowest BCUT2D eigenvalue weighted by Gasteiger charge is -2.04. The van der Waals surface area contributed by atoms with Crippen molar-refractivity contribution in [1.82, 2.24) is 0 Å². The molecule has 0 spiro atoms. The Morgan fingerprint density at radius 1 is 1.53 bits per heavy atom. The highest BCUT2D eigenvalue weighted by Crippen LogP contribution is 2.05. The van der Waals surface area contributed by atoms with E-state index in [0.29, 0.717) is 5.57 Å². The maximum atomic E-state index is 10.4. The third-order valence-electron chi connectivity index (χ3n) is 1.55. The molecule has 0 bridgehead atoms. The number of aliphatic carboxylic acids is 1. The maximum Gasteiger partial charge on any atom is 0.320 e. The van der Waals surface area contributed by atoms with Gasteiger partial charge in [0.15, 0.2) is 0 Å². The van der Waals surface area contributed by atoms with Gasteiger partial charge in [-0.05, 0) is 13.0 Å². The molecule has 6 nitrogen and oxygen atoms in total. The van der Waals surface area contributed by atoms with Crippen molar-refractivity contribution < 1.29 is 14.8 Å². The number of allylic oxidation sites excluding steroid dienone is 2. The fourth-order valence-corrected chi connectivity index (χ4v) is 0.713. The summed E-state index contributed by atoms with van der Waals surface area (Å²) in [7, 11) is 0. The molecule has 1 unspecified atom stereocenters. The molecule has 0 rings (SSSR count). The van der Waals surface area contributed by atoms with Gasteiger partial charge < -0.3 is 10.8 Å². The van der Waals surface area contributed by atoms with Crippen LogP contribution in [0.2, 0.25) is 0 Å². The standard InChI is InChI=1S/C9H12N2O4/c1-6(5-8(10)9(12)13)3-4-7(2)11(14)15/h3-4,8H,1-2,5,10H2,(H,12,13)/b4-3-. The lowest BCUT2D eigenvalue weighted by atomic mass is 10.1. The van der Waals surface area contributed by atoms with Gasteiger partial charge in [-0.25, -0.2) is 0 Å². The van der Waals surface area contributed by atoms with Crippen LogP contribution in [0, 0.1) is 10.1 Å². The van der Waals surface area contributed by atoms with Crippen LogP contribution in [0.3, 0.4) is 0 Å². The highest BCUT2D eigenvalue weighted by molar-refractivity contribution is 5.73. The Bertz CT molecular complexity index is 333. The van der Waals surface area contributed by atoms with Crippen LogP contribution in [0.25, 0.3) is 0 Å². The van der Waals surface area contributed by atoms with E-state index in [0.717, 1.165) is 6.08 Å². The van der Waals surface area contributed by atoms with E-state index in [4.69, 9.17) is 10.8 Å². The highest BCUT2D eigenvalue weighted by Gasteiger charge is 2.11. The number of carbonyl (C=O) groups is 1. The first kappa shape index (κ1) is 13.1. The second-order valence-corrected chi connectivity index (χ2v) is 2.89. The van der Waals surface area contributed by atoms with E-state index in [2.05, 4.69) is 13.2 Å². The van der Waals surface area contributed by atoms with Crippen molar-refractivity contribution in [1.29, 1.82) is 0 Å². The quantitative estimate of drug-likeness (QED) is 0.382. The van der Waals surface area contributed by atoms with E-state index in [1.54, 1.807) is 0 Å². The van der Waals surface area contributed by atoms with Crippen LogP contribution in [-0.4, -0.2) is 22.0 Å². The molecule has 0 aliphatic rings. The summed E-state index contributed by atoms with van der Waals surface area (Å²) in [6.07, 6.45) is 2.52. The topological polar surface area (TPSA) is 106 Å². The highest BCUT2D eigenvalue weighted by atomic mass is 16.6. The van der Waals surface area contributed by atoms with E-state index < -0.39 is 16.9 Å². The predicted molar refractivity (Wildman–Crippen MR) is 54.6 cm³/mol. The zero-order chi connectivity index (χ0) is 12.0. The molecular formula is C9H12N2O4. The molecule has 0 heterocycles. The fraction of sp³-hybridized carbons (Fsp3) is 0.222. The van der Waals surface area contributed by atoms with Crippen molar-refractivity contribution in [2.75, 3.05) is 0 Å². The predicted octanol–water partition coefficient (Wildman–Crippen LogP) is 0.691. The van der Waals surface area contributed by atoms with E-state index in [9.17, 15) is 14.9 Å². The van der Waals surface area contributed by atoms with Gasteiger partial charge in [0, 0.05) is 6.08 Å². The Kier molecular flexibility index (Phi) is 4.97. The number of hydrogen-bond donors (Lipinski definition) is 2. The molecule has 0 aromatic heterocycles. The summed E-state index contributed by atoms with van der Waals surface area (Å²) >= 11 is 0. The third kappa shape index (κ3) is 5.37. The number of hydrogen-bond acceptors (Lipinski definition) is 4. The second-order valence-electron chi connectivity index (χ2n) is 2.89. The molecule has 82 valence electrons. The summed E-state index contributed by atoms with van der Waals surface area (Å²) in [6, 6.07) is -1.05. The van der Waals surface area contributed by atoms with Crippen molar-refractivity contribution in [3.8, 4) is 0 Å². The molecule has 0 amide bonds. The normalized spacial score (nSPS) is 12.3. The van der Waals surface area contributed by atoms with Crippen molar-refractivity contribution in [2.45, 2.75) is 12.5 Å². The molecule has 0 aromatic rings. The number of nitrogens with zero attached hydrogens (tertiary/aromatic N) is 1. The number of carboxylic acids is 1. The van der Waals surface area contributed by atoms with Crippen LogP contribution in [0.1, 0.15) is 6.42 Å². The minimum Gasteiger partial charge on any atom is -0.480 e. The Morgan fingerprint density at radius 3 is 2.47 bits per heavy atom. The average molecular weight is 212 g/mol. The Morgan fingerprint density at radius 2 is 2.07 bits per heavy atom. The fourth-order valence-electron chi connectivity index (χ4n) is 0.713. The summed E-state index contributed by atoms with van der Waals surface area (Å²) in [4.78, 5) is 19.9. The Balaban J connectivity index is 4.21. The number of rotatable bonds is 6. The van der Waals surface area contributed by atoms with Gasteiger partial charge in [0.25, 0.3) is 5.70 Å². The van der Waals surface area contributed by atoms with Gasteiger partial charge in [0.05, 0.1) is 4.92 Å². The van der Waals surface area contributed by atoms with Crippen LogP contribution in [-0.2, 0) is 4.79 Å². The van der Waals surface area contributed by atoms with Gasteiger partial charge >= 0.3 is 5.97 Å². The lowest BCUT2D eigenvalue weighted by molar-refractivity contribution is -0.418. The Labute approximate surface area is 86.5 Å².